The van der Waals surface area contributed by atoms with Crippen molar-refractivity contribution in [2.75, 3.05) is 18.1 Å². The zero-order chi connectivity index (χ0) is 11.4. The lowest BCUT2D eigenvalue weighted by atomic mass is 10.0. The largest absolute Gasteiger partial charge is 0.375 e. The van der Waals surface area contributed by atoms with Crippen molar-refractivity contribution < 1.29 is 4.74 Å². The van der Waals surface area contributed by atoms with Crippen molar-refractivity contribution in [2.24, 2.45) is 5.73 Å². The molecular formula is C12H16INOS. The molecule has 0 bridgehead atoms. The van der Waals surface area contributed by atoms with Crippen molar-refractivity contribution >= 4 is 34.4 Å². The van der Waals surface area contributed by atoms with Crippen LogP contribution >= 0.6 is 34.4 Å². The normalized spacial score (nSPS) is 23.0. The van der Waals surface area contributed by atoms with E-state index in [-0.39, 0.29) is 12.1 Å². The van der Waals surface area contributed by atoms with Crippen molar-refractivity contribution in [1.82, 2.24) is 0 Å². The van der Waals surface area contributed by atoms with Crippen LogP contribution in [0, 0.1) is 3.57 Å². The quantitative estimate of drug-likeness (QED) is 0.851. The second-order valence-corrected chi connectivity index (χ2v) is 6.37. The highest BCUT2D eigenvalue weighted by Crippen LogP contribution is 2.17. The SMILES string of the molecule is NC(Cc1ccc(I)cc1)C1CSCCO1. The molecule has 0 aliphatic carbocycles. The second kappa shape index (κ2) is 6.23. The Morgan fingerprint density at radius 2 is 2.19 bits per heavy atom. The van der Waals surface area contributed by atoms with Gasteiger partial charge in [-0.1, -0.05) is 12.1 Å². The molecule has 0 aromatic heterocycles. The summed E-state index contributed by atoms with van der Waals surface area (Å²) in [5.41, 5.74) is 7.48. The van der Waals surface area contributed by atoms with Crippen molar-refractivity contribution in [3.63, 3.8) is 0 Å². The third-order valence-electron chi connectivity index (χ3n) is 2.70. The van der Waals surface area contributed by atoms with E-state index in [2.05, 4.69) is 46.9 Å². The number of hydrogen-bond donors (Lipinski definition) is 1. The maximum atomic E-state index is 6.18. The molecule has 1 aliphatic rings. The molecule has 1 saturated heterocycles. The van der Waals surface area contributed by atoms with Crippen LogP contribution < -0.4 is 5.73 Å². The Morgan fingerprint density at radius 1 is 1.44 bits per heavy atom. The number of halogens is 1. The molecule has 2 N–H and O–H groups in total. The Labute approximate surface area is 114 Å². The lowest BCUT2D eigenvalue weighted by Crippen LogP contribution is -2.42. The van der Waals surface area contributed by atoms with Gasteiger partial charge in [0, 0.05) is 21.1 Å². The average Bonchev–Trinajstić information content (AvgIpc) is 2.33. The molecule has 88 valence electrons. The zero-order valence-electron chi connectivity index (χ0n) is 9.06. The predicted octanol–water partition coefficient (Wildman–Crippen LogP) is 2.29. The van der Waals surface area contributed by atoms with Gasteiger partial charge in [0.2, 0.25) is 0 Å². The molecule has 2 rings (SSSR count). The number of benzene rings is 1. The van der Waals surface area contributed by atoms with Gasteiger partial charge in [-0.3, -0.25) is 0 Å². The summed E-state index contributed by atoms with van der Waals surface area (Å²) in [6, 6.07) is 8.67. The third-order valence-corrected chi connectivity index (χ3v) is 4.44. The molecule has 0 spiro atoms. The zero-order valence-corrected chi connectivity index (χ0v) is 12.0. The molecule has 2 atom stereocenters. The number of rotatable bonds is 3. The molecule has 1 aromatic rings. The average molecular weight is 349 g/mol. The topological polar surface area (TPSA) is 35.2 Å². The minimum Gasteiger partial charge on any atom is -0.375 e. The fourth-order valence-corrected chi connectivity index (χ4v) is 3.09. The molecule has 16 heavy (non-hydrogen) atoms. The van der Waals surface area contributed by atoms with Crippen LogP contribution in [0.3, 0.4) is 0 Å². The van der Waals surface area contributed by atoms with Crippen molar-refractivity contribution in [2.45, 2.75) is 18.6 Å². The monoisotopic (exact) mass is 349 g/mol. The first-order valence-corrected chi connectivity index (χ1v) is 7.68. The standard InChI is InChI=1S/C12H16INOS/c13-10-3-1-9(2-4-10)7-11(14)12-8-16-6-5-15-12/h1-4,11-12H,5-8,14H2. The summed E-state index contributed by atoms with van der Waals surface area (Å²) in [5.74, 6) is 2.14. The highest BCUT2D eigenvalue weighted by atomic mass is 127. The summed E-state index contributed by atoms with van der Waals surface area (Å²) in [7, 11) is 0. The Balaban J connectivity index is 1.90. The lowest BCUT2D eigenvalue weighted by molar-refractivity contribution is 0.0572. The Kier molecular flexibility index (Phi) is 4.94. The van der Waals surface area contributed by atoms with E-state index in [9.17, 15) is 0 Å². The van der Waals surface area contributed by atoms with E-state index >= 15 is 0 Å². The van der Waals surface area contributed by atoms with Crippen molar-refractivity contribution in [1.29, 1.82) is 0 Å². The molecule has 1 aromatic carbocycles. The van der Waals surface area contributed by atoms with Gasteiger partial charge in [0.25, 0.3) is 0 Å². The molecule has 0 amide bonds. The molecule has 1 aliphatic heterocycles. The lowest BCUT2D eigenvalue weighted by Gasteiger charge is -2.27. The summed E-state index contributed by atoms with van der Waals surface area (Å²) >= 11 is 4.25. The molecule has 0 radical (unpaired) electrons. The Morgan fingerprint density at radius 3 is 2.81 bits per heavy atom. The van der Waals surface area contributed by atoms with Gasteiger partial charge in [-0.2, -0.15) is 11.8 Å². The fourth-order valence-electron chi connectivity index (χ4n) is 1.78. The van der Waals surface area contributed by atoms with E-state index in [1.165, 1.54) is 9.13 Å². The molecule has 0 saturated carbocycles. The van der Waals surface area contributed by atoms with E-state index in [1.54, 1.807) is 0 Å². The number of thioether (sulfide) groups is 1. The summed E-state index contributed by atoms with van der Waals surface area (Å²) in [5, 5.41) is 0. The number of hydrogen-bond acceptors (Lipinski definition) is 3. The van der Waals surface area contributed by atoms with Gasteiger partial charge >= 0.3 is 0 Å². The van der Waals surface area contributed by atoms with Crippen LogP contribution in [0.2, 0.25) is 0 Å². The highest BCUT2D eigenvalue weighted by Gasteiger charge is 2.21. The first-order chi connectivity index (χ1) is 7.75. The first-order valence-electron chi connectivity index (χ1n) is 5.45. The highest BCUT2D eigenvalue weighted by molar-refractivity contribution is 14.1. The molecule has 2 nitrogen and oxygen atoms in total. The molecule has 2 unspecified atom stereocenters. The van der Waals surface area contributed by atoms with Gasteiger partial charge < -0.3 is 10.5 Å². The van der Waals surface area contributed by atoms with Crippen molar-refractivity contribution in [3.8, 4) is 0 Å². The number of nitrogens with two attached hydrogens (primary N) is 1. The van der Waals surface area contributed by atoms with Crippen LogP contribution in [-0.2, 0) is 11.2 Å². The van der Waals surface area contributed by atoms with E-state index < -0.39 is 0 Å². The molecule has 4 heteroatoms. The fraction of sp³-hybridized carbons (Fsp3) is 0.500. The second-order valence-electron chi connectivity index (χ2n) is 3.98. The van der Waals surface area contributed by atoms with Crippen LogP contribution in [-0.4, -0.2) is 30.3 Å². The molecule has 1 fully saturated rings. The first kappa shape index (κ1) is 12.7. The van der Waals surface area contributed by atoms with Crippen LogP contribution in [0.15, 0.2) is 24.3 Å². The smallest absolute Gasteiger partial charge is 0.0819 e. The summed E-state index contributed by atoms with van der Waals surface area (Å²) in [6.45, 7) is 0.843. The predicted molar refractivity (Wildman–Crippen MR) is 77.9 cm³/mol. The van der Waals surface area contributed by atoms with Crippen LogP contribution in [0.1, 0.15) is 5.56 Å². The van der Waals surface area contributed by atoms with Gasteiger partial charge in [0.1, 0.15) is 0 Å². The van der Waals surface area contributed by atoms with Gasteiger partial charge in [-0.25, -0.2) is 0 Å². The van der Waals surface area contributed by atoms with Gasteiger partial charge in [0.05, 0.1) is 12.7 Å². The van der Waals surface area contributed by atoms with Crippen molar-refractivity contribution in [3.05, 3.63) is 33.4 Å². The summed E-state index contributed by atoms with van der Waals surface area (Å²) < 4.78 is 6.95. The van der Waals surface area contributed by atoms with Gasteiger partial charge in [-0.05, 0) is 46.7 Å². The van der Waals surface area contributed by atoms with Crippen LogP contribution in [0.5, 0.6) is 0 Å². The summed E-state index contributed by atoms with van der Waals surface area (Å²) in [6.07, 6.45) is 1.13. The Hall–Kier alpha value is 0.220. The minimum absolute atomic E-state index is 0.118. The van der Waals surface area contributed by atoms with E-state index in [4.69, 9.17) is 10.5 Å². The maximum Gasteiger partial charge on any atom is 0.0819 e. The number of ether oxygens (including phenoxy) is 1. The minimum atomic E-state index is 0.118. The Bertz CT molecular complexity index is 324. The third kappa shape index (κ3) is 3.61. The van der Waals surface area contributed by atoms with E-state index in [0.717, 1.165) is 24.5 Å². The van der Waals surface area contributed by atoms with E-state index in [0.29, 0.717) is 0 Å². The molecule has 1 heterocycles. The summed E-state index contributed by atoms with van der Waals surface area (Å²) in [4.78, 5) is 0. The van der Waals surface area contributed by atoms with E-state index in [1.807, 2.05) is 11.8 Å². The van der Waals surface area contributed by atoms with Gasteiger partial charge in [0.15, 0.2) is 0 Å². The maximum absolute atomic E-state index is 6.18. The van der Waals surface area contributed by atoms with Gasteiger partial charge in [-0.15, -0.1) is 0 Å². The molecular weight excluding hydrogens is 333 g/mol. The van der Waals surface area contributed by atoms with Crippen LogP contribution in [0.25, 0.3) is 0 Å². The van der Waals surface area contributed by atoms with Crippen LogP contribution in [0.4, 0.5) is 0 Å².